The summed E-state index contributed by atoms with van der Waals surface area (Å²) >= 11 is 7.61. The van der Waals surface area contributed by atoms with Crippen molar-refractivity contribution in [3.05, 3.63) is 59.4 Å². The Morgan fingerprint density at radius 3 is 2.15 bits per heavy atom. The zero-order valence-corrected chi connectivity index (χ0v) is 18.0. The molecule has 0 spiro atoms. The normalized spacial score (nSPS) is 11.9. The Kier molecular flexibility index (Phi) is 5.70. The second kappa shape index (κ2) is 7.70. The molecule has 3 aromatic rings. The first-order valence-electron chi connectivity index (χ1n) is 8.47. The Bertz CT molecular complexity index is 1050. The number of hydrogen-bond donors (Lipinski definition) is 0. The zero-order valence-electron chi connectivity index (χ0n) is 15.6. The minimum Gasteiger partial charge on any atom is -0.325 e. The topological polar surface area (TPSA) is 52.0 Å². The third-order valence-electron chi connectivity index (χ3n) is 4.18. The average Bonchev–Trinajstić information content (AvgIpc) is 2.93. The van der Waals surface area contributed by atoms with Crippen LogP contribution < -0.4 is 0 Å². The van der Waals surface area contributed by atoms with E-state index >= 15 is 0 Å². The van der Waals surface area contributed by atoms with E-state index in [0.717, 1.165) is 27.0 Å². The fourth-order valence-corrected chi connectivity index (χ4v) is 4.54. The first-order valence-corrected chi connectivity index (χ1v) is 11.6. The van der Waals surface area contributed by atoms with Crippen LogP contribution in [0.15, 0.2) is 63.3 Å². The van der Waals surface area contributed by atoms with E-state index in [4.69, 9.17) is 16.6 Å². The maximum Gasteiger partial charge on any atom is 0.175 e. The smallest absolute Gasteiger partial charge is 0.175 e. The number of sulfone groups is 1. The predicted molar refractivity (Wildman–Crippen MR) is 111 cm³/mol. The lowest BCUT2D eigenvalue weighted by molar-refractivity contribution is 0.602. The molecule has 142 valence electrons. The molecule has 0 N–H and O–H groups in total. The Labute approximate surface area is 169 Å². The van der Waals surface area contributed by atoms with E-state index in [0.29, 0.717) is 9.92 Å². The fourth-order valence-electron chi connectivity index (χ4n) is 2.80. The first kappa shape index (κ1) is 20.0. The van der Waals surface area contributed by atoms with E-state index in [-0.39, 0.29) is 5.92 Å². The minimum atomic E-state index is -3.22. The first-order chi connectivity index (χ1) is 12.7. The van der Waals surface area contributed by atoms with Crippen LogP contribution in [0.4, 0.5) is 0 Å². The highest BCUT2D eigenvalue weighted by Crippen LogP contribution is 2.38. The molecule has 0 aliphatic heterocycles. The molecule has 27 heavy (non-hydrogen) atoms. The van der Waals surface area contributed by atoms with Crippen molar-refractivity contribution in [3.63, 3.8) is 0 Å². The highest BCUT2D eigenvalue weighted by Gasteiger charge is 2.20. The van der Waals surface area contributed by atoms with Gasteiger partial charge in [-0.3, -0.25) is 0 Å². The van der Waals surface area contributed by atoms with Crippen LogP contribution in [0.2, 0.25) is 5.02 Å². The summed E-state index contributed by atoms with van der Waals surface area (Å²) in [5.41, 5.74) is 1.74. The molecule has 1 aromatic heterocycles. The summed E-state index contributed by atoms with van der Waals surface area (Å²) in [5.74, 6) is 1.25. The van der Waals surface area contributed by atoms with Gasteiger partial charge in [-0.1, -0.05) is 49.3 Å². The van der Waals surface area contributed by atoms with Gasteiger partial charge < -0.3 is 4.57 Å². The van der Waals surface area contributed by atoms with Crippen LogP contribution in [0.3, 0.4) is 0 Å². The van der Waals surface area contributed by atoms with Gasteiger partial charge in [-0.05, 0) is 36.4 Å². The third kappa shape index (κ3) is 4.39. The monoisotopic (exact) mass is 420 g/mol. The van der Waals surface area contributed by atoms with E-state index in [1.54, 1.807) is 23.9 Å². The van der Waals surface area contributed by atoms with Crippen molar-refractivity contribution >= 4 is 33.2 Å². The van der Waals surface area contributed by atoms with Crippen molar-refractivity contribution in [2.45, 2.75) is 34.6 Å². The second-order valence-corrected chi connectivity index (χ2v) is 10.2. The van der Waals surface area contributed by atoms with Crippen LogP contribution in [0.25, 0.3) is 11.3 Å². The summed E-state index contributed by atoms with van der Waals surface area (Å²) in [5, 5.41) is 1.71. The molecule has 0 aliphatic carbocycles. The molecule has 1 heterocycles. The van der Waals surface area contributed by atoms with Gasteiger partial charge in [-0.15, -0.1) is 0 Å². The number of nitrogens with zero attached hydrogens (tertiary/aromatic N) is 2. The Hall–Kier alpha value is -1.76. The number of imidazole rings is 1. The highest BCUT2D eigenvalue weighted by atomic mass is 35.5. The number of rotatable bonds is 5. The van der Waals surface area contributed by atoms with E-state index in [1.165, 1.54) is 6.26 Å². The van der Waals surface area contributed by atoms with Gasteiger partial charge in [0, 0.05) is 34.7 Å². The van der Waals surface area contributed by atoms with Crippen molar-refractivity contribution in [3.8, 4) is 11.3 Å². The van der Waals surface area contributed by atoms with E-state index in [9.17, 15) is 8.42 Å². The molecule has 2 aromatic carbocycles. The van der Waals surface area contributed by atoms with Crippen molar-refractivity contribution in [2.75, 3.05) is 6.26 Å². The summed E-state index contributed by atoms with van der Waals surface area (Å²) in [7, 11) is -1.22. The molecule has 0 bridgehead atoms. The number of aromatic nitrogens is 2. The summed E-state index contributed by atoms with van der Waals surface area (Å²) in [4.78, 5) is 6.22. The Morgan fingerprint density at radius 1 is 1.04 bits per heavy atom. The molecule has 0 radical (unpaired) electrons. The van der Waals surface area contributed by atoms with Crippen LogP contribution in [-0.2, 0) is 16.9 Å². The quantitative estimate of drug-likeness (QED) is 0.553. The van der Waals surface area contributed by atoms with E-state index in [2.05, 4.69) is 18.4 Å². The summed E-state index contributed by atoms with van der Waals surface area (Å²) < 4.78 is 25.6. The maximum absolute atomic E-state index is 11.7. The summed E-state index contributed by atoms with van der Waals surface area (Å²) in [6, 6.07) is 14.6. The van der Waals surface area contributed by atoms with E-state index in [1.807, 2.05) is 43.4 Å². The van der Waals surface area contributed by atoms with E-state index < -0.39 is 9.84 Å². The molecule has 0 saturated heterocycles. The largest absolute Gasteiger partial charge is 0.325 e. The maximum atomic E-state index is 11.7. The van der Waals surface area contributed by atoms with Gasteiger partial charge in [0.1, 0.15) is 16.5 Å². The predicted octanol–water partition coefficient (Wildman–Crippen LogP) is 5.42. The molecule has 0 saturated carbocycles. The van der Waals surface area contributed by atoms with Crippen molar-refractivity contribution in [2.24, 2.45) is 7.05 Å². The molecule has 4 nitrogen and oxygen atoms in total. The summed E-state index contributed by atoms with van der Waals surface area (Å²) in [6.07, 6.45) is 1.21. The lowest BCUT2D eigenvalue weighted by Crippen LogP contribution is -2.00. The van der Waals surface area contributed by atoms with Crippen LogP contribution in [0, 0.1) is 0 Å². The lowest BCUT2D eigenvalue weighted by atomic mass is 10.2. The molecule has 0 fully saturated rings. The van der Waals surface area contributed by atoms with Crippen LogP contribution in [0.1, 0.15) is 25.6 Å². The minimum absolute atomic E-state index is 0.267. The fraction of sp³-hybridized carbons (Fsp3) is 0.250. The van der Waals surface area contributed by atoms with Gasteiger partial charge in [-0.25, -0.2) is 13.4 Å². The number of benzene rings is 2. The average molecular weight is 421 g/mol. The molecule has 7 heteroatoms. The Balaban J connectivity index is 2.08. The lowest BCUT2D eigenvalue weighted by Gasteiger charge is -2.09. The van der Waals surface area contributed by atoms with Crippen molar-refractivity contribution in [1.29, 1.82) is 0 Å². The summed E-state index contributed by atoms with van der Waals surface area (Å²) in [6.45, 7) is 4.21. The molecular formula is C20H21ClN2O2S2. The number of hydrogen-bond acceptors (Lipinski definition) is 4. The molecular weight excluding hydrogens is 400 g/mol. The number of halogens is 1. The molecule has 3 rings (SSSR count). The van der Waals surface area contributed by atoms with Crippen LogP contribution >= 0.6 is 23.4 Å². The standard InChI is InChI=1S/C20H21ClN2O2S2/c1-13(2)19-22-18(14-5-11-17(12-6-14)27(4,24)25)20(23(19)3)26-16-9-7-15(21)8-10-16/h5-13H,1-4H3. The molecule has 0 unspecified atom stereocenters. The van der Waals surface area contributed by atoms with Gasteiger partial charge in [0.15, 0.2) is 9.84 Å². The Morgan fingerprint density at radius 2 is 1.63 bits per heavy atom. The molecule has 0 aliphatic rings. The molecule has 0 amide bonds. The van der Waals surface area contributed by atoms with Gasteiger partial charge in [0.05, 0.1) is 4.90 Å². The van der Waals surface area contributed by atoms with Gasteiger partial charge in [-0.2, -0.15) is 0 Å². The van der Waals surface area contributed by atoms with Gasteiger partial charge >= 0.3 is 0 Å². The van der Waals surface area contributed by atoms with Crippen molar-refractivity contribution in [1.82, 2.24) is 9.55 Å². The van der Waals surface area contributed by atoms with Gasteiger partial charge in [0.25, 0.3) is 0 Å². The molecule has 0 atom stereocenters. The zero-order chi connectivity index (χ0) is 19.8. The SMILES string of the molecule is CC(C)c1nc(-c2ccc(S(C)(=O)=O)cc2)c(Sc2ccc(Cl)cc2)n1C. The highest BCUT2D eigenvalue weighted by molar-refractivity contribution is 7.99. The van der Waals surface area contributed by atoms with Gasteiger partial charge in [0.2, 0.25) is 0 Å². The second-order valence-electron chi connectivity index (χ2n) is 6.69. The van der Waals surface area contributed by atoms with Crippen molar-refractivity contribution < 1.29 is 8.42 Å². The third-order valence-corrected chi connectivity index (χ3v) is 6.73. The van der Waals surface area contributed by atoms with Crippen LogP contribution in [0.5, 0.6) is 0 Å². The van der Waals surface area contributed by atoms with Crippen LogP contribution in [-0.4, -0.2) is 24.2 Å².